The molecule has 1 aromatic heterocycles. The minimum Gasteiger partial charge on any atom is -0.397 e. The number of nitrogens with two attached hydrogens (primary N) is 1. The van der Waals surface area contributed by atoms with E-state index >= 15 is 0 Å². The van der Waals surface area contributed by atoms with Crippen LogP contribution in [0.25, 0.3) is 0 Å². The predicted octanol–water partition coefficient (Wildman–Crippen LogP) is 2.82. The van der Waals surface area contributed by atoms with E-state index in [9.17, 15) is 4.79 Å². The van der Waals surface area contributed by atoms with Crippen LogP contribution < -0.4 is 11.1 Å². The van der Waals surface area contributed by atoms with Gasteiger partial charge in [0.1, 0.15) is 5.69 Å². The summed E-state index contributed by atoms with van der Waals surface area (Å²) in [5, 5.41) is 3.32. The first-order chi connectivity index (χ1) is 8.49. The zero-order valence-corrected chi connectivity index (χ0v) is 11.0. The number of rotatable bonds is 2. The van der Waals surface area contributed by atoms with Gasteiger partial charge in [0.2, 0.25) is 0 Å². The van der Waals surface area contributed by atoms with E-state index in [0.717, 1.165) is 5.56 Å². The summed E-state index contributed by atoms with van der Waals surface area (Å²) in [6.07, 6.45) is 1.69. The largest absolute Gasteiger partial charge is 0.397 e. The summed E-state index contributed by atoms with van der Waals surface area (Å²) in [5.74, 6) is -0.231. The average molecular weight is 264 g/mol. The summed E-state index contributed by atoms with van der Waals surface area (Å²) in [7, 11) is 1.77. The van der Waals surface area contributed by atoms with E-state index in [1.807, 2.05) is 19.1 Å². The topological polar surface area (TPSA) is 60.1 Å². The minimum absolute atomic E-state index is 0.231. The number of carbonyl (C=O) groups is 1. The quantitative estimate of drug-likeness (QED) is 0.875. The number of hydrogen-bond donors (Lipinski definition) is 2. The molecular weight excluding hydrogens is 250 g/mol. The second-order valence-electron chi connectivity index (χ2n) is 4.16. The van der Waals surface area contributed by atoms with Crippen LogP contribution >= 0.6 is 11.6 Å². The van der Waals surface area contributed by atoms with Crippen molar-refractivity contribution in [3.05, 3.63) is 46.7 Å². The minimum atomic E-state index is -0.231. The van der Waals surface area contributed by atoms with E-state index in [-0.39, 0.29) is 5.91 Å². The Bertz CT molecular complexity index is 584. The van der Waals surface area contributed by atoms with Gasteiger partial charge in [-0.2, -0.15) is 0 Å². The maximum absolute atomic E-state index is 12.1. The summed E-state index contributed by atoms with van der Waals surface area (Å²) >= 11 is 6.06. The molecule has 0 aliphatic carbocycles. The molecule has 0 unspecified atom stereocenters. The van der Waals surface area contributed by atoms with E-state index in [2.05, 4.69) is 5.32 Å². The van der Waals surface area contributed by atoms with Crippen molar-refractivity contribution in [2.24, 2.45) is 7.05 Å². The van der Waals surface area contributed by atoms with Crippen molar-refractivity contribution in [2.45, 2.75) is 6.92 Å². The van der Waals surface area contributed by atoms with Gasteiger partial charge in [-0.3, -0.25) is 4.79 Å². The molecule has 5 heteroatoms. The van der Waals surface area contributed by atoms with Gasteiger partial charge < -0.3 is 15.6 Å². The van der Waals surface area contributed by atoms with E-state index < -0.39 is 0 Å². The Morgan fingerprint density at radius 2 is 2.17 bits per heavy atom. The second-order valence-corrected chi connectivity index (χ2v) is 4.56. The van der Waals surface area contributed by atoms with Crippen molar-refractivity contribution < 1.29 is 4.79 Å². The highest BCUT2D eigenvalue weighted by atomic mass is 35.5. The van der Waals surface area contributed by atoms with Gasteiger partial charge in [0.15, 0.2) is 0 Å². The van der Waals surface area contributed by atoms with Crippen LogP contribution in [-0.2, 0) is 7.05 Å². The average Bonchev–Trinajstić information content (AvgIpc) is 2.63. The van der Waals surface area contributed by atoms with Crippen molar-refractivity contribution in [1.82, 2.24) is 4.57 Å². The number of carbonyl (C=O) groups excluding carboxylic acids is 1. The molecule has 0 bridgehead atoms. The molecular formula is C13H14ClN3O. The van der Waals surface area contributed by atoms with Gasteiger partial charge in [-0.25, -0.2) is 0 Å². The van der Waals surface area contributed by atoms with E-state index in [0.29, 0.717) is 22.1 Å². The molecule has 0 saturated heterocycles. The van der Waals surface area contributed by atoms with Crippen LogP contribution in [0.15, 0.2) is 30.5 Å². The fourth-order valence-electron chi connectivity index (χ4n) is 1.78. The van der Waals surface area contributed by atoms with Crippen molar-refractivity contribution in [3.63, 3.8) is 0 Å². The third kappa shape index (κ3) is 2.33. The fraction of sp³-hybridized carbons (Fsp3) is 0.154. The zero-order valence-electron chi connectivity index (χ0n) is 10.2. The summed E-state index contributed by atoms with van der Waals surface area (Å²) < 4.78 is 1.68. The number of nitrogens with one attached hydrogen (secondary N) is 1. The molecule has 2 rings (SSSR count). The molecule has 1 heterocycles. The van der Waals surface area contributed by atoms with Crippen molar-refractivity contribution in [3.8, 4) is 0 Å². The monoisotopic (exact) mass is 263 g/mol. The first kappa shape index (κ1) is 12.5. The van der Waals surface area contributed by atoms with Gasteiger partial charge in [-0.05, 0) is 24.6 Å². The predicted molar refractivity (Wildman–Crippen MR) is 74.0 cm³/mol. The zero-order chi connectivity index (χ0) is 13.3. The highest BCUT2D eigenvalue weighted by Crippen LogP contribution is 2.26. The van der Waals surface area contributed by atoms with Crippen molar-refractivity contribution in [2.75, 3.05) is 11.1 Å². The SMILES string of the molecule is Cc1cccc(Cl)c1NC(=O)c1cc(N)cn1C. The lowest BCUT2D eigenvalue weighted by Crippen LogP contribution is -2.16. The number of halogens is 1. The number of hydrogen-bond acceptors (Lipinski definition) is 2. The number of nitrogen functional groups attached to an aromatic ring is 1. The van der Waals surface area contributed by atoms with Gasteiger partial charge in [-0.15, -0.1) is 0 Å². The van der Waals surface area contributed by atoms with Crippen molar-refractivity contribution in [1.29, 1.82) is 0 Å². The van der Waals surface area contributed by atoms with Gasteiger partial charge in [0.25, 0.3) is 5.91 Å². The van der Waals surface area contributed by atoms with E-state index in [1.54, 1.807) is 29.9 Å². The maximum atomic E-state index is 12.1. The second kappa shape index (κ2) is 4.74. The van der Waals surface area contributed by atoms with Crippen molar-refractivity contribution >= 4 is 28.9 Å². The van der Waals surface area contributed by atoms with Crippen LogP contribution in [0.2, 0.25) is 5.02 Å². The number of amides is 1. The summed E-state index contributed by atoms with van der Waals surface area (Å²) in [5.41, 5.74) is 8.23. The standard InChI is InChI=1S/C13H14ClN3O/c1-8-4-3-5-10(14)12(8)16-13(18)11-6-9(15)7-17(11)2/h3-7H,15H2,1-2H3,(H,16,18). The summed E-state index contributed by atoms with van der Waals surface area (Å²) in [4.78, 5) is 12.1. The van der Waals surface area contributed by atoms with Crippen LogP contribution in [0.4, 0.5) is 11.4 Å². The molecule has 2 aromatic rings. The Hall–Kier alpha value is -1.94. The maximum Gasteiger partial charge on any atom is 0.272 e. The highest BCUT2D eigenvalue weighted by Gasteiger charge is 2.13. The molecule has 0 aliphatic heterocycles. The molecule has 0 saturated carbocycles. The van der Waals surface area contributed by atoms with Crippen LogP contribution in [0.5, 0.6) is 0 Å². The first-order valence-electron chi connectivity index (χ1n) is 5.47. The molecule has 0 radical (unpaired) electrons. The number of aryl methyl sites for hydroxylation is 2. The molecule has 1 aromatic carbocycles. The molecule has 1 amide bonds. The van der Waals surface area contributed by atoms with E-state index in [1.165, 1.54) is 0 Å². The van der Waals surface area contributed by atoms with Crippen LogP contribution in [0.1, 0.15) is 16.1 Å². The lowest BCUT2D eigenvalue weighted by molar-refractivity contribution is 0.101. The van der Waals surface area contributed by atoms with Gasteiger partial charge in [-0.1, -0.05) is 23.7 Å². The van der Waals surface area contributed by atoms with Gasteiger partial charge in [0.05, 0.1) is 16.4 Å². The molecule has 94 valence electrons. The highest BCUT2D eigenvalue weighted by molar-refractivity contribution is 6.34. The van der Waals surface area contributed by atoms with Gasteiger partial charge in [0, 0.05) is 13.2 Å². The summed E-state index contributed by atoms with van der Waals surface area (Å²) in [6.45, 7) is 1.89. The van der Waals surface area contributed by atoms with Crippen LogP contribution in [0, 0.1) is 6.92 Å². The number of anilines is 2. The third-order valence-corrected chi connectivity index (χ3v) is 3.03. The Morgan fingerprint density at radius 3 is 2.72 bits per heavy atom. The Kier molecular flexibility index (Phi) is 3.30. The first-order valence-corrected chi connectivity index (χ1v) is 5.85. The lowest BCUT2D eigenvalue weighted by Gasteiger charge is -2.10. The Morgan fingerprint density at radius 1 is 1.44 bits per heavy atom. The fourth-order valence-corrected chi connectivity index (χ4v) is 2.05. The molecule has 0 atom stereocenters. The third-order valence-electron chi connectivity index (χ3n) is 2.72. The van der Waals surface area contributed by atoms with Gasteiger partial charge >= 0.3 is 0 Å². The number of nitrogens with zero attached hydrogens (tertiary/aromatic N) is 1. The number of aromatic nitrogens is 1. The van der Waals surface area contributed by atoms with Crippen LogP contribution in [0.3, 0.4) is 0 Å². The smallest absolute Gasteiger partial charge is 0.272 e. The number of benzene rings is 1. The van der Waals surface area contributed by atoms with E-state index in [4.69, 9.17) is 17.3 Å². The van der Waals surface area contributed by atoms with Crippen LogP contribution in [-0.4, -0.2) is 10.5 Å². The molecule has 4 nitrogen and oxygen atoms in total. The molecule has 0 aliphatic rings. The summed E-state index contributed by atoms with van der Waals surface area (Å²) in [6, 6.07) is 7.10. The lowest BCUT2D eigenvalue weighted by atomic mass is 10.2. The molecule has 0 spiro atoms. The number of para-hydroxylation sites is 1. The normalized spacial score (nSPS) is 10.4. The Labute approximate surface area is 110 Å². The molecule has 18 heavy (non-hydrogen) atoms. The Balaban J connectivity index is 2.30. The molecule has 3 N–H and O–H groups in total. The molecule has 0 fully saturated rings.